The molecule has 0 spiro atoms. The number of aromatic nitrogens is 2. The van der Waals surface area contributed by atoms with E-state index in [1.165, 1.54) is 24.8 Å². The fourth-order valence-corrected chi connectivity index (χ4v) is 5.02. The molecule has 1 N–H and O–H groups in total. The third-order valence-corrected chi connectivity index (χ3v) is 6.35. The van der Waals surface area contributed by atoms with Crippen molar-refractivity contribution in [3.05, 3.63) is 48.0 Å². The maximum Gasteiger partial charge on any atom is 0.320 e. The van der Waals surface area contributed by atoms with Crippen molar-refractivity contribution >= 4 is 5.97 Å². The molecule has 2 aromatic rings. The number of carbonyl (C=O) groups is 1. The number of aliphatic carboxylic acids is 1. The number of hydrogen-bond donors (Lipinski definition) is 1. The maximum atomic E-state index is 11.9. The van der Waals surface area contributed by atoms with Gasteiger partial charge in [0.15, 0.2) is 0 Å². The highest BCUT2D eigenvalue weighted by Crippen LogP contribution is 2.44. The summed E-state index contributed by atoms with van der Waals surface area (Å²) in [6, 6.07) is 8.64. The van der Waals surface area contributed by atoms with Crippen molar-refractivity contribution in [3.63, 3.8) is 0 Å². The molecule has 5 nitrogen and oxygen atoms in total. The van der Waals surface area contributed by atoms with E-state index in [1.54, 1.807) is 6.20 Å². The van der Waals surface area contributed by atoms with Gasteiger partial charge in [0.05, 0.1) is 0 Å². The van der Waals surface area contributed by atoms with Crippen LogP contribution in [0, 0.1) is 12.8 Å². The van der Waals surface area contributed by atoms with Crippen LogP contribution in [0.25, 0.3) is 5.69 Å². The second kappa shape index (κ2) is 6.88. The molecule has 2 fully saturated rings. The van der Waals surface area contributed by atoms with Gasteiger partial charge in [-0.25, -0.2) is 4.98 Å². The van der Waals surface area contributed by atoms with E-state index in [9.17, 15) is 9.90 Å². The first kappa shape index (κ1) is 17.3. The Balaban J connectivity index is 1.60. The summed E-state index contributed by atoms with van der Waals surface area (Å²) in [6.07, 6.45) is 9.33. The first-order chi connectivity index (χ1) is 12.6. The fourth-order valence-electron chi connectivity index (χ4n) is 5.02. The molecular formula is C21H27N3O2. The third kappa shape index (κ3) is 2.94. The van der Waals surface area contributed by atoms with Crippen LogP contribution in [0.15, 0.2) is 36.7 Å². The van der Waals surface area contributed by atoms with Crippen LogP contribution in [0.1, 0.15) is 56.5 Å². The molecule has 1 aromatic heterocycles. The number of fused-ring (bicyclic) bond motifs is 1. The Morgan fingerprint density at radius 1 is 1.23 bits per heavy atom. The number of benzene rings is 1. The van der Waals surface area contributed by atoms with E-state index in [0.29, 0.717) is 12.0 Å². The molecule has 2 aliphatic rings. The van der Waals surface area contributed by atoms with Gasteiger partial charge in [0.2, 0.25) is 0 Å². The molecule has 138 valence electrons. The van der Waals surface area contributed by atoms with E-state index in [-0.39, 0.29) is 12.1 Å². The molecule has 1 aliphatic carbocycles. The highest BCUT2D eigenvalue weighted by Gasteiger charge is 2.47. The highest BCUT2D eigenvalue weighted by atomic mass is 16.4. The summed E-state index contributed by atoms with van der Waals surface area (Å²) in [5.41, 5.74) is 2.27. The second-order valence-corrected chi connectivity index (χ2v) is 7.76. The first-order valence-corrected chi connectivity index (χ1v) is 9.67. The lowest BCUT2D eigenvalue weighted by Crippen LogP contribution is -2.43. The minimum absolute atomic E-state index is 0.113. The Kier molecular flexibility index (Phi) is 4.57. The lowest BCUT2D eigenvalue weighted by atomic mass is 9.84. The van der Waals surface area contributed by atoms with Gasteiger partial charge in [-0.15, -0.1) is 0 Å². The standard InChI is InChI=1S/C21H27N3O2/c1-14(16-7-9-18(10-8-16)23-12-11-22-15(23)2)24-19-6-4-3-5-17(19)13-20(24)21(25)26/h7-12,14,17,19-20H,3-6,13H2,1-2H3,(H,25,26). The summed E-state index contributed by atoms with van der Waals surface area (Å²) < 4.78 is 2.06. The van der Waals surface area contributed by atoms with Crippen molar-refractivity contribution in [2.24, 2.45) is 5.92 Å². The summed E-state index contributed by atoms with van der Waals surface area (Å²) in [5, 5.41) is 9.77. The average Bonchev–Trinajstić information content (AvgIpc) is 3.25. The Morgan fingerprint density at radius 3 is 2.62 bits per heavy atom. The van der Waals surface area contributed by atoms with Crippen LogP contribution in [0.2, 0.25) is 0 Å². The van der Waals surface area contributed by atoms with Gasteiger partial charge in [-0.05, 0) is 56.7 Å². The monoisotopic (exact) mass is 353 g/mol. The molecule has 1 saturated carbocycles. The SMILES string of the molecule is Cc1nccn1-c1ccc(C(C)N2C(C(=O)O)CC3CCCCC32)cc1. The van der Waals surface area contributed by atoms with Crippen LogP contribution < -0.4 is 0 Å². The summed E-state index contributed by atoms with van der Waals surface area (Å²) in [4.78, 5) is 18.4. The minimum atomic E-state index is -0.670. The Bertz CT molecular complexity index is 783. The number of aryl methyl sites for hydroxylation is 1. The van der Waals surface area contributed by atoms with Gasteiger partial charge >= 0.3 is 5.97 Å². The maximum absolute atomic E-state index is 11.9. The molecule has 1 saturated heterocycles. The minimum Gasteiger partial charge on any atom is -0.480 e. The zero-order valence-electron chi connectivity index (χ0n) is 15.5. The molecule has 5 heteroatoms. The summed E-state index contributed by atoms with van der Waals surface area (Å²) >= 11 is 0. The van der Waals surface area contributed by atoms with Crippen LogP contribution in [0.5, 0.6) is 0 Å². The molecule has 26 heavy (non-hydrogen) atoms. The number of hydrogen-bond acceptors (Lipinski definition) is 3. The Morgan fingerprint density at radius 2 is 1.96 bits per heavy atom. The van der Waals surface area contributed by atoms with Gasteiger partial charge in [-0.3, -0.25) is 9.69 Å². The number of imidazole rings is 1. The van der Waals surface area contributed by atoms with Gasteiger partial charge in [-0.1, -0.05) is 25.0 Å². The van der Waals surface area contributed by atoms with Crippen molar-refractivity contribution in [1.29, 1.82) is 0 Å². The van der Waals surface area contributed by atoms with Crippen LogP contribution in [-0.2, 0) is 4.79 Å². The fraction of sp³-hybridized carbons (Fsp3) is 0.524. The quantitative estimate of drug-likeness (QED) is 0.904. The van der Waals surface area contributed by atoms with Crippen LogP contribution >= 0.6 is 0 Å². The van der Waals surface area contributed by atoms with Gasteiger partial charge in [0.25, 0.3) is 0 Å². The number of rotatable bonds is 4. The Labute approximate surface area is 154 Å². The van der Waals surface area contributed by atoms with Gasteiger partial charge in [0, 0.05) is 30.2 Å². The predicted molar refractivity (Wildman–Crippen MR) is 100 cm³/mol. The van der Waals surface area contributed by atoms with Crippen LogP contribution in [0.4, 0.5) is 0 Å². The van der Waals surface area contributed by atoms with Gasteiger partial charge < -0.3 is 9.67 Å². The molecule has 4 rings (SSSR count). The summed E-state index contributed by atoms with van der Waals surface area (Å²) in [7, 11) is 0. The smallest absolute Gasteiger partial charge is 0.320 e. The van der Waals surface area contributed by atoms with E-state index in [0.717, 1.165) is 24.4 Å². The Hall–Kier alpha value is -2.14. The van der Waals surface area contributed by atoms with Crippen LogP contribution in [0.3, 0.4) is 0 Å². The van der Waals surface area contributed by atoms with Gasteiger partial charge in [-0.2, -0.15) is 0 Å². The molecule has 4 unspecified atom stereocenters. The molecule has 0 radical (unpaired) electrons. The normalized spacial score (nSPS) is 27.2. The third-order valence-electron chi connectivity index (χ3n) is 6.35. The van der Waals surface area contributed by atoms with Crippen molar-refractivity contribution in [3.8, 4) is 5.69 Å². The van der Waals surface area contributed by atoms with E-state index in [1.807, 2.05) is 13.1 Å². The lowest BCUT2D eigenvalue weighted by Gasteiger charge is -2.37. The van der Waals surface area contributed by atoms with Crippen molar-refractivity contribution in [1.82, 2.24) is 14.5 Å². The largest absolute Gasteiger partial charge is 0.480 e. The molecule has 0 amide bonds. The van der Waals surface area contributed by atoms with E-state index in [2.05, 4.69) is 45.6 Å². The number of likely N-dealkylation sites (tertiary alicyclic amines) is 1. The highest BCUT2D eigenvalue weighted by molar-refractivity contribution is 5.74. The molecule has 0 bridgehead atoms. The van der Waals surface area contributed by atoms with Crippen molar-refractivity contribution < 1.29 is 9.90 Å². The number of carboxylic acid groups (broad SMARTS) is 1. The molecule has 1 aliphatic heterocycles. The zero-order chi connectivity index (χ0) is 18.3. The van der Waals surface area contributed by atoms with E-state index < -0.39 is 5.97 Å². The molecular weight excluding hydrogens is 326 g/mol. The molecule has 4 atom stereocenters. The van der Waals surface area contributed by atoms with Crippen molar-refractivity contribution in [2.45, 2.75) is 64.1 Å². The first-order valence-electron chi connectivity index (χ1n) is 9.67. The lowest BCUT2D eigenvalue weighted by molar-refractivity contribution is -0.143. The van der Waals surface area contributed by atoms with E-state index in [4.69, 9.17) is 0 Å². The van der Waals surface area contributed by atoms with Crippen LogP contribution in [-0.4, -0.2) is 37.6 Å². The molecule has 1 aromatic carbocycles. The average molecular weight is 353 g/mol. The zero-order valence-corrected chi connectivity index (χ0v) is 15.5. The van der Waals surface area contributed by atoms with Gasteiger partial charge in [0.1, 0.15) is 11.9 Å². The van der Waals surface area contributed by atoms with Crippen molar-refractivity contribution in [2.75, 3.05) is 0 Å². The summed E-state index contributed by atoms with van der Waals surface area (Å²) in [5.74, 6) is 0.832. The molecule has 2 heterocycles. The number of carboxylic acids is 1. The number of nitrogens with zero attached hydrogens (tertiary/aromatic N) is 3. The topological polar surface area (TPSA) is 58.4 Å². The summed E-state index contributed by atoms with van der Waals surface area (Å²) in [6.45, 7) is 4.14. The van der Waals surface area contributed by atoms with E-state index >= 15 is 0 Å². The second-order valence-electron chi connectivity index (χ2n) is 7.76. The predicted octanol–water partition coefficient (Wildman–Crippen LogP) is 3.96.